The van der Waals surface area contributed by atoms with Crippen LogP contribution in [-0.4, -0.2) is 33.9 Å². The topological polar surface area (TPSA) is 102 Å². The Morgan fingerprint density at radius 3 is 2.35 bits per heavy atom. The molecule has 0 atom stereocenters. The summed E-state index contributed by atoms with van der Waals surface area (Å²) < 4.78 is 32.2. The van der Waals surface area contributed by atoms with Crippen LogP contribution in [0.3, 0.4) is 0 Å². The maximum atomic E-state index is 12.5. The van der Waals surface area contributed by atoms with Gasteiger partial charge in [-0.25, -0.2) is 13.2 Å². The third-order valence-electron chi connectivity index (χ3n) is 3.37. The van der Waals surface area contributed by atoms with E-state index in [-0.39, 0.29) is 33.7 Å². The quantitative estimate of drug-likeness (QED) is 0.731. The molecule has 0 saturated heterocycles. The van der Waals surface area contributed by atoms with Gasteiger partial charge in [0.2, 0.25) is 0 Å². The van der Waals surface area contributed by atoms with E-state index >= 15 is 0 Å². The maximum absolute atomic E-state index is 12.5. The van der Waals surface area contributed by atoms with E-state index in [4.69, 9.17) is 16.3 Å². The maximum Gasteiger partial charge on any atom is 0.339 e. The number of ether oxygens (including phenoxy) is 1. The summed E-state index contributed by atoms with van der Waals surface area (Å²) in [5.74, 6) is -0.966. The average Bonchev–Trinajstić information content (AvgIpc) is 2.62. The zero-order valence-electron chi connectivity index (χ0n) is 14.1. The smallest absolute Gasteiger partial charge is 0.339 e. The van der Waals surface area contributed by atoms with Gasteiger partial charge in [0, 0.05) is 18.3 Å². The minimum absolute atomic E-state index is 0.0298. The molecule has 2 aromatic rings. The first-order valence-electron chi connectivity index (χ1n) is 7.60. The number of hydrogen-bond acceptors (Lipinski definition) is 5. The lowest BCUT2D eigenvalue weighted by Crippen LogP contribution is -2.18. The van der Waals surface area contributed by atoms with Gasteiger partial charge in [0.1, 0.15) is 0 Å². The molecule has 0 aliphatic rings. The van der Waals surface area contributed by atoms with Crippen LogP contribution in [0, 0.1) is 0 Å². The molecule has 7 nitrogen and oxygen atoms in total. The summed E-state index contributed by atoms with van der Waals surface area (Å²) in [6.45, 7) is 1.82. The van der Waals surface area contributed by atoms with Crippen LogP contribution in [0.5, 0.6) is 0 Å². The second-order valence-electron chi connectivity index (χ2n) is 5.12. The summed E-state index contributed by atoms with van der Waals surface area (Å²) in [7, 11) is -2.42. The number of carbonyl (C=O) groups excluding carboxylic acids is 2. The summed E-state index contributed by atoms with van der Waals surface area (Å²) >= 11 is 5.96. The van der Waals surface area contributed by atoms with Gasteiger partial charge >= 0.3 is 5.97 Å². The average molecular weight is 397 g/mol. The van der Waals surface area contributed by atoms with E-state index in [0.717, 1.165) is 0 Å². The molecule has 0 unspecified atom stereocenters. The number of amides is 1. The van der Waals surface area contributed by atoms with Gasteiger partial charge in [0.25, 0.3) is 15.9 Å². The number of anilines is 1. The van der Waals surface area contributed by atoms with E-state index in [9.17, 15) is 18.0 Å². The van der Waals surface area contributed by atoms with E-state index in [1.54, 1.807) is 6.92 Å². The molecule has 0 bridgehead atoms. The number of carbonyl (C=O) groups is 2. The normalized spacial score (nSPS) is 10.9. The predicted octanol–water partition coefficient (Wildman–Crippen LogP) is 2.68. The van der Waals surface area contributed by atoms with Crippen molar-refractivity contribution in [3.8, 4) is 0 Å². The van der Waals surface area contributed by atoms with Crippen LogP contribution in [0.25, 0.3) is 0 Å². The lowest BCUT2D eigenvalue weighted by atomic mass is 10.2. The van der Waals surface area contributed by atoms with Crippen molar-refractivity contribution in [1.82, 2.24) is 5.32 Å². The molecule has 1 amide bonds. The van der Waals surface area contributed by atoms with Crippen LogP contribution in [-0.2, 0) is 14.8 Å². The van der Waals surface area contributed by atoms with E-state index < -0.39 is 16.0 Å². The van der Waals surface area contributed by atoms with Crippen LogP contribution < -0.4 is 10.0 Å². The van der Waals surface area contributed by atoms with Gasteiger partial charge < -0.3 is 10.1 Å². The van der Waals surface area contributed by atoms with Gasteiger partial charge in [-0.3, -0.25) is 9.52 Å². The highest BCUT2D eigenvalue weighted by Gasteiger charge is 2.18. The van der Waals surface area contributed by atoms with Crippen LogP contribution in [0.15, 0.2) is 47.4 Å². The molecule has 0 heterocycles. The van der Waals surface area contributed by atoms with Crippen molar-refractivity contribution in [2.24, 2.45) is 0 Å². The van der Waals surface area contributed by atoms with Crippen LogP contribution in [0.4, 0.5) is 5.69 Å². The molecular weight excluding hydrogens is 380 g/mol. The Kier molecular flexibility index (Phi) is 6.23. The van der Waals surface area contributed by atoms with Gasteiger partial charge in [-0.15, -0.1) is 0 Å². The number of esters is 1. The minimum Gasteiger partial charge on any atom is -0.462 e. The van der Waals surface area contributed by atoms with Gasteiger partial charge in [0.15, 0.2) is 0 Å². The highest BCUT2D eigenvalue weighted by molar-refractivity contribution is 7.92. The monoisotopic (exact) mass is 396 g/mol. The molecule has 2 aromatic carbocycles. The highest BCUT2D eigenvalue weighted by Crippen LogP contribution is 2.24. The molecule has 2 N–H and O–H groups in total. The van der Waals surface area contributed by atoms with Crippen molar-refractivity contribution in [2.75, 3.05) is 18.4 Å². The Morgan fingerprint density at radius 1 is 1.12 bits per heavy atom. The van der Waals surface area contributed by atoms with Crippen molar-refractivity contribution in [3.05, 3.63) is 58.6 Å². The zero-order valence-corrected chi connectivity index (χ0v) is 15.6. The van der Waals surface area contributed by atoms with Crippen LogP contribution >= 0.6 is 11.6 Å². The summed E-state index contributed by atoms with van der Waals surface area (Å²) in [5, 5.41) is 2.61. The fraction of sp³-hybridized carbons (Fsp3) is 0.176. The molecule has 0 aromatic heterocycles. The number of rotatable bonds is 6. The Labute approximate surface area is 156 Å². The lowest BCUT2D eigenvalue weighted by molar-refractivity contribution is 0.0526. The van der Waals surface area contributed by atoms with E-state index in [1.807, 2.05) is 0 Å². The molecule has 138 valence electrons. The van der Waals surface area contributed by atoms with Gasteiger partial charge in [-0.1, -0.05) is 11.6 Å². The first-order chi connectivity index (χ1) is 12.3. The molecule has 0 saturated carbocycles. The number of sulfonamides is 1. The largest absolute Gasteiger partial charge is 0.462 e. The summed E-state index contributed by atoms with van der Waals surface area (Å²) in [6.07, 6.45) is 0. The summed E-state index contributed by atoms with van der Waals surface area (Å²) in [5.41, 5.74) is 0.555. The van der Waals surface area contributed by atoms with Crippen molar-refractivity contribution in [2.45, 2.75) is 11.8 Å². The van der Waals surface area contributed by atoms with Crippen molar-refractivity contribution >= 4 is 39.2 Å². The Balaban J connectivity index is 2.28. The number of benzene rings is 2. The Hall–Kier alpha value is -2.58. The molecule has 0 spiro atoms. The predicted molar refractivity (Wildman–Crippen MR) is 98.0 cm³/mol. The fourth-order valence-corrected chi connectivity index (χ4v) is 3.34. The number of halogens is 1. The lowest BCUT2D eigenvalue weighted by Gasteiger charge is -2.11. The Bertz CT molecular complexity index is 927. The number of hydrogen-bond donors (Lipinski definition) is 2. The molecule has 9 heteroatoms. The standard InChI is InChI=1S/C17H17ClN2O5S/c1-3-25-17(22)14-10-12(6-9-15(14)18)20-26(23,24)13-7-4-11(5-8-13)16(21)19-2/h4-10,20H,3H2,1-2H3,(H,19,21). The first-order valence-corrected chi connectivity index (χ1v) is 9.46. The summed E-state index contributed by atoms with van der Waals surface area (Å²) in [4.78, 5) is 23.4. The molecule has 0 aliphatic carbocycles. The highest BCUT2D eigenvalue weighted by atomic mass is 35.5. The van der Waals surface area contributed by atoms with Crippen molar-refractivity contribution in [1.29, 1.82) is 0 Å². The minimum atomic E-state index is -3.91. The Morgan fingerprint density at radius 2 is 1.77 bits per heavy atom. The second kappa shape index (κ2) is 8.20. The molecule has 0 radical (unpaired) electrons. The first kappa shape index (κ1) is 19.7. The number of nitrogens with one attached hydrogen (secondary N) is 2. The molecule has 0 fully saturated rings. The third kappa shape index (κ3) is 4.53. The van der Waals surface area contributed by atoms with Crippen LogP contribution in [0.2, 0.25) is 5.02 Å². The van der Waals surface area contributed by atoms with E-state index in [0.29, 0.717) is 5.56 Å². The third-order valence-corrected chi connectivity index (χ3v) is 5.09. The van der Waals surface area contributed by atoms with E-state index in [1.165, 1.54) is 49.5 Å². The summed E-state index contributed by atoms with van der Waals surface area (Å²) in [6, 6.07) is 9.57. The fourth-order valence-electron chi connectivity index (χ4n) is 2.10. The van der Waals surface area contributed by atoms with Crippen LogP contribution in [0.1, 0.15) is 27.6 Å². The molecule has 0 aliphatic heterocycles. The van der Waals surface area contributed by atoms with Crippen molar-refractivity contribution in [3.63, 3.8) is 0 Å². The molecule has 26 heavy (non-hydrogen) atoms. The molecular formula is C17H17ClN2O5S. The van der Waals surface area contributed by atoms with E-state index in [2.05, 4.69) is 10.0 Å². The van der Waals surface area contributed by atoms with Gasteiger partial charge in [-0.2, -0.15) is 0 Å². The van der Waals surface area contributed by atoms with Crippen molar-refractivity contribution < 1.29 is 22.7 Å². The van der Waals surface area contributed by atoms with Gasteiger partial charge in [-0.05, 0) is 49.4 Å². The molecule has 2 rings (SSSR count). The second-order valence-corrected chi connectivity index (χ2v) is 7.21. The zero-order chi connectivity index (χ0) is 19.3. The SMILES string of the molecule is CCOC(=O)c1cc(NS(=O)(=O)c2ccc(C(=O)NC)cc2)ccc1Cl. The van der Waals surface area contributed by atoms with Gasteiger partial charge in [0.05, 0.1) is 22.1 Å².